The summed E-state index contributed by atoms with van der Waals surface area (Å²) in [4.78, 5) is 22.0. The zero-order chi connectivity index (χ0) is 30.2. The standard InChI is InChI=1S/C29H29F6N5OS/c1-3-38(4-2)17-22-6-5-11-40(22)26-25(42-27(41)36-26)13-18-7-10-24-20(12-18)16-39(37-24)15-19-8-9-21(28(30,31)32)14-23(19)29(33,34)35/h7-10,12-14,16,22H,3-6,11,15,17H2,1-2H3/b25-13-. The third-order valence-corrected chi connectivity index (χ3v) is 8.36. The lowest BCUT2D eigenvalue weighted by molar-refractivity contribution is -0.143. The first-order chi connectivity index (χ1) is 19.9. The number of aromatic nitrogens is 2. The van der Waals surface area contributed by atoms with E-state index in [2.05, 4.69) is 33.7 Å². The van der Waals surface area contributed by atoms with E-state index in [1.165, 1.54) is 4.68 Å². The number of likely N-dealkylation sites (N-methyl/N-ethyl adjacent to an activating group) is 1. The number of alkyl halides is 6. The van der Waals surface area contributed by atoms with E-state index in [1.807, 2.05) is 12.1 Å². The Kier molecular flexibility index (Phi) is 8.44. The average Bonchev–Trinajstić information content (AvgIpc) is 3.63. The van der Waals surface area contributed by atoms with E-state index in [-0.39, 0.29) is 29.5 Å². The summed E-state index contributed by atoms with van der Waals surface area (Å²) in [6.45, 7) is 7.46. The van der Waals surface area contributed by atoms with Crippen LogP contribution < -0.4 is 0 Å². The van der Waals surface area contributed by atoms with Gasteiger partial charge in [-0.1, -0.05) is 26.0 Å². The predicted octanol–water partition coefficient (Wildman–Crippen LogP) is 7.53. The highest BCUT2D eigenvalue weighted by Gasteiger charge is 2.38. The van der Waals surface area contributed by atoms with E-state index < -0.39 is 23.5 Å². The first kappa shape index (κ1) is 30.1. The fourth-order valence-electron chi connectivity index (χ4n) is 5.43. The molecule has 13 heteroatoms. The molecule has 1 saturated heterocycles. The molecule has 42 heavy (non-hydrogen) atoms. The molecule has 2 aliphatic rings. The largest absolute Gasteiger partial charge is 0.416 e. The summed E-state index contributed by atoms with van der Waals surface area (Å²) in [5.41, 5.74) is -1.76. The number of hydrogen-bond donors (Lipinski definition) is 0. The Morgan fingerprint density at radius 2 is 1.81 bits per heavy atom. The van der Waals surface area contributed by atoms with E-state index in [1.54, 1.807) is 18.3 Å². The van der Waals surface area contributed by atoms with E-state index in [4.69, 9.17) is 0 Å². The van der Waals surface area contributed by atoms with Gasteiger partial charge in [0, 0.05) is 30.7 Å². The molecular formula is C29H29F6N5OS. The molecule has 6 nitrogen and oxygen atoms in total. The summed E-state index contributed by atoms with van der Waals surface area (Å²) >= 11 is 1.06. The fourth-order valence-corrected chi connectivity index (χ4v) is 6.20. The van der Waals surface area contributed by atoms with Gasteiger partial charge in [0.2, 0.25) is 0 Å². The molecule has 1 amide bonds. The van der Waals surface area contributed by atoms with Crippen molar-refractivity contribution in [1.82, 2.24) is 19.6 Å². The zero-order valence-electron chi connectivity index (χ0n) is 23.0. The molecule has 5 rings (SSSR count). The average molecular weight is 610 g/mol. The van der Waals surface area contributed by atoms with E-state index in [0.29, 0.717) is 22.8 Å². The Morgan fingerprint density at radius 1 is 1.05 bits per heavy atom. The summed E-state index contributed by atoms with van der Waals surface area (Å²) in [6.07, 6.45) is -4.40. The van der Waals surface area contributed by atoms with Gasteiger partial charge in [0.15, 0.2) is 0 Å². The third-order valence-electron chi connectivity index (χ3n) is 7.58. The molecule has 0 saturated carbocycles. The highest BCUT2D eigenvalue weighted by atomic mass is 32.2. The van der Waals surface area contributed by atoms with Crippen LogP contribution in [-0.4, -0.2) is 62.9 Å². The molecule has 2 aromatic carbocycles. The Hall–Kier alpha value is -3.32. The molecule has 0 aliphatic carbocycles. The second-order valence-corrected chi connectivity index (χ2v) is 11.3. The van der Waals surface area contributed by atoms with Crippen molar-refractivity contribution in [3.63, 3.8) is 0 Å². The first-order valence-corrected chi connectivity index (χ1v) is 14.4. The minimum Gasteiger partial charge on any atom is -0.351 e. The van der Waals surface area contributed by atoms with Crippen molar-refractivity contribution in [1.29, 1.82) is 0 Å². The number of aliphatic imine (C=N–C) groups is 1. The molecule has 1 atom stereocenters. The molecular weight excluding hydrogens is 580 g/mol. The number of carbonyl (C=O) groups excluding carboxylic acids is 1. The zero-order valence-corrected chi connectivity index (χ0v) is 23.8. The lowest BCUT2D eigenvalue weighted by Crippen LogP contribution is -2.43. The molecule has 1 fully saturated rings. The van der Waals surface area contributed by atoms with E-state index >= 15 is 0 Å². The van der Waals surface area contributed by atoms with Crippen LogP contribution in [0.3, 0.4) is 0 Å². The summed E-state index contributed by atoms with van der Waals surface area (Å²) in [5.74, 6) is 0.664. The number of benzene rings is 2. The molecule has 224 valence electrons. The van der Waals surface area contributed by atoms with Gasteiger partial charge >= 0.3 is 17.6 Å². The van der Waals surface area contributed by atoms with Crippen LogP contribution in [0.15, 0.2) is 52.5 Å². The molecule has 1 unspecified atom stereocenters. The van der Waals surface area contributed by atoms with Gasteiger partial charge in [-0.2, -0.15) is 36.4 Å². The lowest BCUT2D eigenvalue weighted by Gasteiger charge is -2.31. The van der Waals surface area contributed by atoms with Gasteiger partial charge in [-0.15, -0.1) is 0 Å². The summed E-state index contributed by atoms with van der Waals surface area (Å²) in [5, 5.41) is 4.68. The van der Waals surface area contributed by atoms with Crippen LogP contribution in [0, 0.1) is 0 Å². The Balaban J connectivity index is 1.40. The predicted molar refractivity (Wildman–Crippen MR) is 151 cm³/mol. The molecule has 3 heterocycles. The third kappa shape index (κ3) is 6.51. The van der Waals surface area contributed by atoms with Gasteiger partial charge in [-0.3, -0.25) is 9.48 Å². The number of nitrogens with zero attached hydrogens (tertiary/aromatic N) is 5. The first-order valence-electron chi connectivity index (χ1n) is 13.6. The highest BCUT2D eigenvalue weighted by Crippen LogP contribution is 2.38. The topological polar surface area (TPSA) is 53.7 Å². The smallest absolute Gasteiger partial charge is 0.351 e. The number of amides is 1. The molecule has 1 aromatic heterocycles. The van der Waals surface area contributed by atoms with Crippen molar-refractivity contribution in [2.75, 3.05) is 26.2 Å². The van der Waals surface area contributed by atoms with Crippen LogP contribution in [0.1, 0.15) is 48.9 Å². The second-order valence-electron chi connectivity index (χ2n) is 10.3. The Labute approximate surface area is 243 Å². The number of likely N-dealkylation sites (tertiary alicyclic amines) is 1. The molecule has 0 N–H and O–H groups in total. The number of halogens is 6. The maximum absolute atomic E-state index is 13.6. The van der Waals surface area contributed by atoms with Crippen molar-refractivity contribution >= 4 is 39.8 Å². The summed E-state index contributed by atoms with van der Waals surface area (Å²) < 4.78 is 81.3. The van der Waals surface area contributed by atoms with Crippen LogP contribution in [0.2, 0.25) is 0 Å². The molecule has 2 aliphatic heterocycles. The normalized spacial score (nSPS) is 19.1. The van der Waals surface area contributed by atoms with Crippen molar-refractivity contribution in [3.05, 3.63) is 69.8 Å². The quantitative estimate of drug-likeness (QED) is 0.259. The number of rotatable bonds is 7. The van der Waals surface area contributed by atoms with Gasteiger partial charge in [0.25, 0.3) is 0 Å². The van der Waals surface area contributed by atoms with Crippen LogP contribution in [0.25, 0.3) is 17.0 Å². The minimum absolute atomic E-state index is 0.134. The van der Waals surface area contributed by atoms with Crippen LogP contribution in [0.4, 0.5) is 31.1 Å². The lowest BCUT2D eigenvalue weighted by atomic mass is 10.0. The van der Waals surface area contributed by atoms with Crippen LogP contribution >= 0.6 is 11.8 Å². The number of fused-ring (bicyclic) bond motifs is 1. The second kappa shape index (κ2) is 11.8. The van der Waals surface area contributed by atoms with Gasteiger partial charge in [0.05, 0.1) is 28.1 Å². The summed E-state index contributed by atoms with van der Waals surface area (Å²) in [7, 11) is 0. The maximum Gasteiger partial charge on any atom is 0.416 e. The SMILES string of the molecule is CCN(CC)CC1CCCN1C1=NC(=O)S/C1=C\c1ccc2nn(Cc3ccc(C(F)(F)F)cc3C(F)(F)F)cc2c1. The Bertz CT molecular complexity index is 1540. The molecule has 0 bridgehead atoms. The Morgan fingerprint density at radius 3 is 2.50 bits per heavy atom. The highest BCUT2D eigenvalue weighted by molar-refractivity contribution is 8.18. The van der Waals surface area contributed by atoms with Crippen LogP contribution in [-0.2, 0) is 18.9 Å². The minimum atomic E-state index is -4.96. The van der Waals surface area contributed by atoms with Crippen molar-refractivity contribution < 1.29 is 31.1 Å². The van der Waals surface area contributed by atoms with Crippen molar-refractivity contribution in [3.8, 4) is 0 Å². The van der Waals surface area contributed by atoms with E-state index in [0.717, 1.165) is 67.3 Å². The maximum atomic E-state index is 13.6. The van der Waals surface area contributed by atoms with Crippen molar-refractivity contribution in [2.45, 2.75) is 51.6 Å². The fraction of sp³-hybridized carbons (Fsp3) is 0.414. The number of hydrogen-bond acceptors (Lipinski definition) is 5. The van der Waals surface area contributed by atoms with Gasteiger partial charge in [-0.25, -0.2) is 0 Å². The van der Waals surface area contributed by atoms with Crippen LogP contribution in [0.5, 0.6) is 0 Å². The van der Waals surface area contributed by atoms with Gasteiger partial charge in [-0.05, 0) is 79.2 Å². The van der Waals surface area contributed by atoms with Crippen molar-refractivity contribution in [2.24, 2.45) is 4.99 Å². The van der Waals surface area contributed by atoms with Gasteiger partial charge in [0.1, 0.15) is 5.84 Å². The molecule has 0 spiro atoms. The van der Waals surface area contributed by atoms with Gasteiger partial charge < -0.3 is 9.80 Å². The molecule has 3 aromatic rings. The number of carbonyl (C=O) groups is 1. The summed E-state index contributed by atoms with van der Waals surface area (Å²) in [6, 6.07) is 7.19. The molecule has 0 radical (unpaired) electrons. The monoisotopic (exact) mass is 609 g/mol. The number of amidine groups is 1. The van der Waals surface area contributed by atoms with E-state index in [9.17, 15) is 31.1 Å². The number of thioether (sulfide) groups is 1.